The number of para-hydroxylation sites is 1. The van der Waals surface area contributed by atoms with Gasteiger partial charge < -0.3 is 15.4 Å². The van der Waals surface area contributed by atoms with Gasteiger partial charge in [0.05, 0.1) is 12.1 Å². The standard InChI is InChI=1S/C15H21N3O/c1-19-12-11-18(10-4-9-16)15-8-7-13-5-2-3-6-14(13)17-15/h2-3,5-8H,4,9-12,16H2,1H3. The first-order chi connectivity index (χ1) is 9.35. The fourth-order valence-electron chi connectivity index (χ4n) is 2.06. The van der Waals surface area contributed by atoms with Gasteiger partial charge in [-0.3, -0.25) is 0 Å². The van der Waals surface area contributed by atoms with E-state index in [1.165, 1.54) is 0 Å². The van der Waals surface area contributed by atoms with Crippen molar-refractivity contribution in [3.63, 3.8) is 0 Å². The molecule has 0 unspecified atom stereocenters. The number of ether oxygens (including phenoxy) is 1. The Bertz CT molecular complexity index is 507. The summed E-state index contributed by atoms with van der Waals surface area (Å²) in [4.78, 5) is 6.94. The van der Waals surface area contributed by atoms with Crippen molar-refractivity contribution in [3.05, 3.63) is 36.4 Å². The van der Waals surface area contributed by atoms with Crippen molar-refractivity contribution in [3.8, 4) is 0 Å². The molecular weight excluding hydrogens is 238 g/mol. The summed E-state index contributed by atoms with van der Waals surface area (Å²) in [5.74, 6) is 0.990. The molecule has 0 aliphatic carbocycles. The van der Waals surface area contributed by atoms with E-state index in [4.69, 9.17) is 15.5 Å². The highest BCUT2D eigenvalue weighted by molar-refractivity contribution is 5.80. The molecule has 2 rings (SSSR count). The van der Waals surface area contributed by atoms with E-state index in [2.05, 4.69) is 23.1 Å². The number of hydrogen-bond donors (Lipinski definition) is 1. The molecular formula is C15H21N3O. The normalized spacial score (nSPS) is 10.8. The van der Waals surface area contributed by atoms with Crippen LogP contribution in [0.5, 0.6) is 0 Å². The van der Waals surface area contributed by atoms with Crippen LogP contribution in [0.2, 0.25) is 0 Å². The van der Waals surface area contributed by atoms with Gasteiger partial charge in [0.2, 0.25) is 0 Å². The Morgan fingerprint density at radius 2 is 2.00 bits per heavy atom. The lowest BCUT2D eigenvalue weighted by atomic mass is 10.2. The van der Waals surface area contributed by atoms with Crippen LogP contribution in [-0.2, 0) is 4.74 Å². The number of fused-ring (bicyclic) bond motifs is 1. The van der Waals surface area contributed by atoms with E-state index >= 15 is 0 Å². The summed E-state index contributed by atoms with van der Waals surface area (Å²) in [5.41, 5.74) is 6.62. The molecule has 0 aliphatic heterocycles. The highest BCUT2D eigenvalue weighted by Crippen LogP contribution is 2.17. The predicted octanol–water partition coefficient (Wildman–Crippen LogP) is 2.04. The maximum atomic E-state index is 5.60. The van der Waals surface area contributed by atoms with E-state index in [1.54, 1.807) is 7.11 Å². The van der Waals surface area contributed by atoms with E-state index in [9.17, 15) is 0 Å². The first kappa shape index (κ1) is 13.8. The number of rotatable bonds is 7. The molecule has 0 amide bonds. The van der Waals surface area contributed by atoms with E-state index in [1.807, 2.05) is 18.2 Å². The van der Waals surface area contributed by atoms with Crippen LogP contribution in [0.3, 0.4) is 0 Å². The van der Waals surface area contributed by atoms with Crippen LogP contribution in [0.1, 0.15) is 6.42 Å². The fraction of sp³-hybridized carbons (Fsp3) is 0.400. The Hall–Kier alpha value is -1.65. The highest BCUT2D eigenvalue weighted by atomic mass is 16.5. The van der Waals surface area contributed by atoms with Crippen LogP contribution in [0, 0.1) is 0 Å². The zero-order valence-corrected chi connectivity index (χ0v) is 11.4. The van der Waals surface area contributed by atoms with Crippen molar-refractivity contribution < 1.29 is 4.74 Å². The van der Waals surface area contributed by atoms with Crippen LogP contribution < -0.4 is 10.6 Å². The molecule has 102 valence electrons. The molecule has 2 aromatic rings. The number of nitrogens with two attached hydrogens (primary N) is 1. The lowest BCUT2D eigenvalue weighted by Crippen LogP contribution is -2.30. The predicted molar refractivity (Wildman–Crippen MR) is 79.5 cm³/mol. The van der Waals surface area contributed by atoms with Crippen molar-refractivity contribution >= 4 is 16.7 Å². The monoisotopic (exact) mass is 259 g/mol. The van der Waals surface area contributed by atoms with Gasteiger partial charge in [-0.05, 0) is 31.2 Å². The van der Waals surface area contributed by atoms with Crippen molar-refractivity contribution in [1.29, 1.82) is 0 Å². The first-order valence-corrected chi connectivity index (χ1v) is 6.65. The third-order valence-corrected chi connectivity index (χ3v) is 3.11. The van der Waals surface area contributed by atoms with Crippen molar-refractivity contribution in [2.75, 3.05) is 38.3 Å². The minimum Gasteiger partial charge on any atom is -0.383 e. The van der Waals surface area contributed by atoms with E-state index in [0.717, 1.165) is 36.2 Å². The maximum absolute atomic E-state index is 5.60. The van der Waals surface area contributed by atoms with Gasteiger partial charge in [0.1, 0.15) is 5.82 Å². The van der Waals surface area contributed by atoms with Gasteiger partial charge >= 0.3 is 0 Å². The molecule has 0 aliphatic rings. The van der Waals surface area contributed by atoms with Gasteiger partial charge in [-0.2, -0.15) is 0 Å². The number of pyridine rings is 1. The zero-order valence-electron chi connectivity index (χ0n) is 11.4. The number of methoxy groups -OCH3 is 1. The molecule has 0 spiro atoms. The number of benzene rings is 1. The topological polar surface area (TPSA) is 51.4 Å². The Morgan fingerprint density at radius 3 is 2.79 bits per heavy atom. The minimum absolute atomic E-state index is 0.692. The molecule has 1 heterocycles. The zero-order chi connectivity index (χ0) is 13.5. The van der Waals surface area contributed by atoms with Gasteiger partial charge in [0, 0.05) is 25.6 Å². The van der Waals surface area contributed by atoms with Crippen LogP contribution >= 0.6 is 0 Å². The lowest BCUT2D eigenvalue weighted by molar-refractivity contribution is 0.205. The molecule has 1 aromatic carbocycles. The average Bonchev–Trinajstić information content (AvgIpc) is 2.47. The molecule has 4 heteroatoms. The van der Waals surface area contributed by atoms with Crippen LogP contribution in [0.15, 0.2) is 36.4 Å². The highest BCUT2D eigenvalue weighted by Gasteiger charge is 2.07. The Morgan fingerprint density at radius 1 is 1.16 bits per heavy atom. The van der Waals surface area contributed by atoms with E-state index in [0.29, 0.717) is 13.2 Å². The molecule has 2 N–H and O–H groups in total. The lowest BCUT2D eigenvalue weighted by Gasteiger charge is -2.23. The van der Waals surface area contributed by atoms with Crippen LogP contribution in [0.4, 0.5) is 5.82 Å². The molecule has 0 saturated carbocycles. The summed E-state index contributed by atoms with van der Waals surface area (Å²) >= 11 is 0. The Kier molecular flexibility index (Phi) is 5.12. The van der Waals surface area contributed by atoms with Gasteiger partial charge in [0.25, 0.3) is 0 Å². The minimum atomic E-state index is 0.692. The average molecular weight is 259 g/mol. The Labute approximate surface area is 114 Å². The summed E-state index contributed by atoms with van der Waals surface area (Å²) in [7, 11) is 1.72. The number of anilines is 1. The second kappa shape index (κ2) is 7.07. The summed E-state index contributed by atoms with van der Waals surface area (Å²) in [6.45, 7) is 3.13. The van der Waals surface area contributed by atoms with Gasteiger partial charge in [-0.25, -0.2) is 4.98 Å². The molecule has 19 heavy (non-hydrogen) atoms. The number of nitrogens with zero attached hydrogens (tertiary/aromatic N) is 2. The third kappa shape index (κ3) is 3.66. The Balaban J connectivity index is 2.21. The SMILES string of the molecule is COCCN(CCCN)c1ccc2ccccc2n1. The number of hydrogen-bond acceptors (Lipinski definition) is 4. The second-order valence-electron chi connectivity index (χ2n) is 4.48. The summed E-state index contributed by atoms with van der Waals surface area (Å²) < 4.78 is 5.16. The van der Waals surface area contributed by atoms with Crippen LogP contribution in [0.25, 0.3) is 10.9 Å². The third-order valence-electron chi connectivity index (χ3n) is 3.11. The molecule has 0 saturated heterocycles. The number of aromatic nitrogens is 1. The second-order valence-corrected chi connectivity index (χ2v) is 4.48. The summed E-state index contributed by atoms with van der Waals surface area (Å²) in [6.07, 6.45) is 0.957. The quantitative estimate of drug-likeness (QED) is 0.826. The van der Waals surface area contributed by atoms with Crippen molar-refractivity contribution in [2.24, 2.45) is 5.73 Å². The summed E-state index contributed by atoms with van der Waals surface area (Å²) in [6, 6.07) is 12.3. The molecule has 4 nitrogen and oxygen atoms in total. The first-order valence-electron chi connectivity index (χ1n) is 6.65. The molecule has 0 fully saturated rings. The molecule has 1 aromatic heterocycles. The molecule has 0 bridgehead atoms. The smallest absolute Gasteiger partial charge is 0.129 e. The van der Waals surface area contributed by atoms with Gasteiger partial charge in [0.15, 0.2) is 0 Å². The van der Waals surface area contributed by atoms with Gasteiger partial charge in [-0.1, -0.05) is 18.2 Å². The largest absolute Gasteiger partial charge is 0.383 e. The van der Waals surface area contributed by atoms with E-state index in [-0.39, 0.29) is 0 Å². The van der Waals surface area contributed by atoms with Crippen molar-refractivity contribution in [1.82, 2.24) is 4.98 Å². The van der Waals surface area contributed by atoms with E-state index < -0.39 is 0 Å². The van der Waals surface area contributed by atoms with Crippen molar-refractivity contribution in [2.45, 2.75) is 6.42 Å². The fourth-order valence-corrected chi connectivity index (χ4v) is 2.06. The maximum Gasteiger partial charge on any atom is 0.129 e. The molecule has 0 radical (unpaired) electrons. The van der Waals surface area contributed by atoms with Crippen LogP contribution in [-0.4, -0.2) is 38.3 Å². The molecule has 0 atom stereocenters. The van der Waals surface area contributed by atoms with Gasteiger partial charge in [-0.15, -0.1) is 0 Å². The summed E-state index contributed by atoms with van der Waals surface area (Å²) in [5, 5.41) is 1.16.